The summed E-state index contributed by atoms with van der Waals surface area (Å²) >= 11 is 0. The van der Waals surface area contributed by atoms with Crippen LogP contribution in [0.2, 0.25) is 0 Å². The molecule has 3 rings (SSSR count). The molecule has 94 valence electrons. The van der Waals surface area contributed by atoms with Gasteiger partial charge in [0.05, 0.1) is 0 Å². The van der Waals surface area contributed by atoms with Gasteiger partial charge in [-0.25, -0.2) is 0 Å². The zero-order valence-corrected chi connectivity index (χ0v) is 10.5. The van der Waals surface area contributed by atoms with E-state index >= 15 is 0 Å². The van der Waals surface area contributed by atoms with Crippen LogP contribution in [0, 0.1) is 0 Å². The number of aromatic amines is 1. The predicted molar refractivity (Wildman–Crippen MR) is 68.5 cm³/mol. The van der Waals surface area contributed by atoms with Crippen molar-refractivity contribution in [1.82, 2.24) is 15.2 Å². The summed E-state index contributed by atoms with van der Waals surface area (Å²) in [6.45, 7) is 1.98. The first-order valence-corrected chi connectivity index (χ1v) is 6.03. The average molecular weight is 256 g/mol. The predicted octanol–water partition coefficient (Wildman–Crippen LogP) is 1.40. The molecule has 2 saturated heterocycles. The minimum atomic E-state index is 0. The normalized spacial score (nSPS) is 27.4. The third-order valence-corrected chi connectivity index (χ3v) is 3.72. The molecule has 2 atom stereocenters. The molecule has 2 N–H and O–H groups in total. The number of halogens is 1. The van der Waals surface area contributed by atoms with E-state index in [0.29, 0.717) is 12.1 Å². The van der Waals surface area contributed by atoms with Gasteiger partial charge in [-0.1, -0.05) is 0 Å². The maximum absolute atomic E-state index is 12.3. The molecular weight excluding hydrogens is 238 g/mol. The number of hydrogen-bond acceptors (Lipinski definition) is 2. The highest BCUT2D eigenvalue weighted by atomic mass is 35.5. The van der Waals surface area contributed by atoms with Gasteiger partial charge in [0.2, 0.25) is 0 Å². The van der Waals surface area contributed by atoms with Crippen LogP contribution in [-0.4, -0.2) is 41.0 Å². The van der Waals surface area contributed by atoms with Crippen molar-refractivity contribution in [2.24, 2.45) is 0 Å². The Kier molecular flexibility index (Phi) is 3.74. The van der Waals surface area contributed by atoms with Crippen LogP contribution in [0.15, 0.2) is 18.3 Å². The van der Waals surface area contributed by atoms with E-state index in [9.17, 15) is 4.79 Å². The molecule has 1 aromatic rings. The molecule has 0 saturated carbocycles. The molecule has 2 unspecified atom stereocenters. The van der Waals surface area contributed by atoms with E-state index in [-0.39, 0.29) is 18.3 Å². The molecule has 17 heavy (non-hydrogen) atoms. The summed E-state index contributed by atoms with van der Waals surface area (Å²) in [4.78, 5) is 17.4. The average Bonchev–Trinajstić information content (AvgIpc) is 2.84. The van der Waals surface area contributed by atoms with Gasteiger partial charge in [0.1, 0.15) is 5.69 Å². The lowest BCUT2D eigenvalue weighted by Crippen LogP contribution is -2.42. The van der Waals surface area contributed by atoms with Crippen molar-refractivity contribution in [2.45, 2.75) is 31.3 Å². The molecule has 0 aliphatic carbocycles. The first-order valence-electron chi connectivity index (χ1n) is 6.03. The van der Waals surface area contributed by atoms with Gasteiger partial charge < -0.3 is 15.2 Å². The van der Waals surface area contributed by atoms with Gasteiger partial charge in [0, 0.05) is 24.8 Å². The van der Waals surface area contributed by atoms with Gasteiger partial charge in [-0.05, 0) is 37.9 Å². The minimum absolute atomic E-state index is 0. The molecule has 2 aliphatic heterocycles. The third-order valence-electron chi connectivity index (χ3n) is 3.72. The van der Waals surface area contributed by atoms with E-state index in [2.05, 4.69) is 15.2 Å². The number of amides is 1. The van der Waals surface area contributed by atoms with Crippen molar-refractivity contribution in [2.75, 3.05) is 13.1 Å². The van der Waals surface area contributed by atoms with Crippen molar-refractivity contribution < 1.29 is 4.79 Å². The quantitative estimate of drug-likeness (QED) is 0.797. The second kappa shape index (κ2) is 5.10. The highest BCUT2D eigenvalue weighted by Crippen LogP contribution is 2.29. The van der Waals surface area contributed by atoms with E-state index in [1.165, 1.54) is 6.42 Å². The summed E-state index contributed by atoms with van der Waals surface area (Å²) in [5, 5.41) is 3.40. The van der Waals surface area contributed by atoms with Crippen LogP contribution in [0.3, 0.4) is 0 Å². The highest BCUT2D eigenvalue weighted by Gasteiger charge is 2.38. The van der Waals surface area contributed by atoms with Gasteiger partial charge in [0.25, 0.3) is 5.91 Å². The van der Waals surface area contributed by atoms with Crippen LogP contribution in [-0.2, 0) is 0 Å². The molecular formula is C12H18ClN3O. The van der Waals surface area contributed by atoms with E-state index in [1.807, 2.05) is 18.3 Å². The number of carbonyl (C=O) groups is 1. The van der Waals surface area contributed by atoms with Gasteiger partial charge in [-0.3, -0.25) is 4.79 Å². The van der Waals surface area contributed by atoms with Crippen LogP contribution in [0.1, 0.15) is 29.8 Å². The number of rotatable bonds is 1. The number of carbonyl (C=O) groups excluding carboxylic acids is 1. The molecule has 4 nitrogen and oxygen atoms in total. The number of hydrogen-bond donors (Lipinski definition) is 2. The Balaban J connectivity index is 0.00000108. The molecule has 1 aromatic heterocycles. The zero-order valence-electron chi connectivity index (χ0n) is 9.69. The first-order chi connectivity index (χ1) is 7.86. The number of aromatic nitrogens is 1. The number of nitrogens with zero attached hydrogens (tertiary/aromatic N) is 1. The van der Waals surface area contributed by atoms with Crippen LogP contribution in [0.25, 0.3) is 0 Å². The molecule has 2 bridgehead atoms. The van der Waals surface area contributed by atoms with Crippen LogP contribution >= 0.6 is 12.4 Å². The number of fused-ring (bicyclic) bond motifs is 2. The zero-order chi connectivity index (χ0) is 11.0. The topological polar surface area (TPSA) is 48.1 Å². The third kappa shape index (κ3) is 2.19. The Bertz CT molecular complexity index is 365. The Hall–Kier alpha value is -1.00. The summed E-state index contributed by atoms with van der Waals surface area (Å²) in [5.74, 6) is 0.168. The number of nitrogens with one attached hydrogen (secondary N) is 2. The molecule has 0 aromatic carbocycles. The number of H-pyrrole nitrogens is 1. The molecule has 2 fully saturated rings. The molecule has 0 radical (unpaired) electrons. The second-order valence-electron chi connectivity index (χ2n) is 4.67. The van der Waals surface area contributed by atoms with E-state index in [4.69, 9.17) is 0 Å². The first kappa shape index (κ1) is 12.5. The molecule has 0 spiro atoms. The maximum atomic E-state index is 12.3. The SMILES string of the molecule is Cl.O=C(c1ccc[nH]1)N1C2CCNCC1CC2. The van der Waals surface area contributed by atoms with Gasteiger partial charge in [0.15, 0.2) is 0 Å². The summed E-state index contributed by atoms with van der Waals surface area (Å²) in [5.41, 5.74) is 0.721. The van der Waals surface area contributed by atoms with Crippen LogP contribution < -0.4 is 5.32 Å². The second-order valence-corrected chi connectivity index (χ2v) is 4.67. The van der Waals surface area contributed by atoms with Crippen molar-refractivity contribution in [3.8, 4) is 0 Å². The Morgan fingerprint density at radius 3 is 2.88 bits per heavy atom. The monoisotopic (exact) mass is 255 g/mol. The molecule has 3 heterocycles. The fourth-order valence-corrected chi connectivity index (χ4v) is 2.92. The fourth-order valence-electron chi connectivity index (χ4n) is 2.92. The molecule has 5 heteroatoms. The smallest absolute Gasteiger partial charge is 0.270 e. The molecule has 1 amide bonds. The Labute approximate surface area is 107 Å². The minimum Gasteiger partial charge on any atom is -0.357 e. The summed E-state index contributed by atoms with van der Waals surface area (Å²) in [7, 11) is 0. The van der Waals surface area contributed by atoms with Crippen molar-refractivity contribution >= 4 is 18.3 Å². The van der Waals surface area contributed by atoms with Crippen LogP contribution in [0.4, 0.5) is 0 Å². The Morgan fingerprint density at radius 2 is 2.12 bits per heavy atom. The summed E-state index contributed by atoms with van der Waals surface area (Å²) in [6, 6.07) is 4.57. The lowest BCUT2D eigenvalue weighted by molar-refractivity contribution is 0.0675. The van der Waals surface area contributed by atoms with E-state index in [0.717, 1.165) is 31.6 Å². The standard InChI is InChI=1S/C12H17N3O.ClH/c16-12(11-2-1-6-14-11)15-9-3-4-10(15)8-13-7-5-9;/h1-2,6,9-10,13-14H,3-5,7-8H2;1H. The fraction of sp³-hybridized carbons (Fsp3) is 0.583. The van der Waals surface area contributed by atoms with E-state index < -0.39 is 0 Å². The maximum Gasteiger partial charge on any atom is 0.270 e. The van der Waals surface area contributed by atoms with Crippen molar-refractivity contribution in [3.05, 3.63) is 24.0 Å². The Morgan fingerprint density at radius 1 is 1.29 bits per heavy atom. The van der Waals surface area contributed by atoms with E-state index in [1.54, 1.807) is 0 Å². The van der Waals surface area contributed by atoms with Gasteiger partial charge in [-0.2, -0.15) is 0 Å². The summed E-state index contributed by atoms with van der Waals surface area (Å²) in [6.07, 6.45) is 5.21. The largest absolute Gasteiger partial charge is 0.357 e. The highest BCUT2D eigenvalue weighted by molar-refractivity contribution is 5.93. The van der Waals surface area contributed by atoms with Crippen molar-refractivity contribution in [3.63, 3.8) is 0 Å². The van der Waals surface area contributed by atoms with Gasteiger partial charge in [-0.15, -0.1) is 12.4 Å². The van der Waals surface area contributed by atoms with Crippen LogP contribution in [0.5, 0.6) is 0 Å². The summed E-state index contributed by atoms with van der Waals surface area (Å²) < 4.78 is 0. The van der Waals surface area contributed by atoms with Crippen molar-refractivity contribution in [1.29, 1.82) is 0 Å². The van der Waals surface area contributed by atoms with Gasteiger partial charge >= 0.3 is 0 Å². The lowest BCUT2D eigenvalue weighted by atomic mass is 10.1. The lowest BCUT2D eigenvalue weighted by Gasteiger charge is -2.27. The molecule has 2 aliphatic rings.